The van der Waals surface area contributed by atoms with Gasteiger partial charge in [0, 0.05) is 12.1 Å². The highest BCUT2D eigenvalue weighted by atomic mass is 35.5. The van der Waals surface area contributed by atoms with E-state index >= 15 is 0 Å². The molecule has 0 aliphatic carbocycles. The number of hydrogen-bond donors (Lipinski definition) is 1. The largest absolute Gasteiger partial charge is 0.493 e. The van der Waals surface area contributed by atoms with Gasteiger partial charge in [0.15, 0.2) is 5.43 Å². The number of benzene rings is 1. The normalized spacial score (nSPS) is 10.5. The molecule has 2 rings (SSSR count). The molecule has 104 valence electrons. The topological polar surface area (TPSA) is 65.5 Å². The summed E-state index contributed by atoms with van der Waals surface area (Å²) >= 11 is 0. The molecule has 1 aromatic heterocycles. The summed E-state index contributed by atoms with van der Waals surface area (Å²) < 4.78 is 11.1. The molecular weight excluding hydrogens is 266 g/mol. The molecule has 0 saturated carbocycles. The molecule has 0 unspecified atom stereocenters. The van der Waals surface area contributed by atoms with E-state index in [1.54, 1.807) is 18.2 Å². The van der Waals surface area contributed by atoms with Crippen LogP contribution >= 0.6 is 12.4 Å². The highest BCUT2D eigenvalue weighted by Crippen LogP contribution is 2.20. The van der Waals surface area contributed by atoms with Crippen LogP contribution in [-0.2, 0) is 6.54 Å². The van der Waals surface area contributed by atoms with Crippen LogP contribution in [-0.4, -0.2) is 6.61 Å². The van der Waals surface area contributed by atoms with Crippen LogP contribution in [0.25, 0.3) is 11.0 Å². The van der Waals surface area contributed by atoms with Crippen LogP contribution in [0.4, 0.5) is 0 Å². The molecule has 0 spiro atoms. The first-order valence-corrected chi connectivity index (χ1v) is 6.00. The molecule has 0 saturated heterocycles. The Balaban J connectivity index is 0.00000180. The van der Waals surface area contributed by atoms with Crippen LogP contribution in [0, 0.1) is 5.92 Å². The molecular formula is C14H18ClNO3. The SMILES string of the molecule is CC(C)COc1ccc2c(=O)cc(CN)oc2c1.Cl. The highest BCUT2D eigenvalue weighted by molar-refractivity contribution is 5.85. The maximum atomic E-state index is 11.8. The van der Waals surface area contributed by atoms with Gasteiger partial charge in [-0.25, -0.2) is 0 Å². The van der Waals surface area contributed by atoms with Gasteiger partial charge in [-0.05, 0) is 18.1 Å². The summed E-state index contributed by atoms with van der Waals surface area (Å²) in [5.41, 5.74) is 5.92. The lowest BCUT2D eigenvalue weighted by molar-refractivity contribution is 0.271. The third-order valence-electron chi connectivity index (χ3n) is 2.54. The Kier molecular flexibility index (Phi) is 5.39. The van der Waals surface area contributed by atoms with Crippen molar-refractivity contribution in [2.75, 3.05) is 6.61 Å². The summed E-state index contributed by atoms with van der Waals surface area (Å²) in [7, 11) is 0. The summed E-state index contributed by atoms with van der Waals surface area (Å²) in [6.07, 6.45) is 0. The standard InChI is InChI=1S/C14H17NO3.ClH/c1-9(2)8-17-10-3-4-12-13(16)5-11(7-15)18-14(12)6-10;/h3-6,9H,7-8,15H2,1-2H3;1H. The van der Waals surface area contributed by atoms with E-state index in [1.165, 1.54) is 6.07 Å². The fraction of sp³-hybridized carbons (Fsp3) is 0.357. The molecule has 0 aliphatic rings. The lowest BCUT2D eigenvalue weighted by atomic mass is 10.2. The van der Waals surface area contributed by atoms with E-state index in [4.69, 9.17) is 14.9 Å². The van der Waals surface area contributed by atoms with Crippen molar-refractivity contribution >= 4 is 23.4 Å². The van der Waals surface area contributed by atoms with Crippen molar-refractivity contribution in [3.05, 3.63) is 40.2 Å². The summed E-state index contributed by atoms with van der Waals surface area (Å²) in [4.78, 5) is 11.8. The molecule has 0 aliphatic heterocycles. The molecule has 1 heterocycles. The van der Waals surface area contributed by atoms with Gasteiger partial charge in [0.05, 0.1) is 18.5 Å². The first-order chi connectivity index (χ1) is 8.60. The molecule has 1 aromatic carbocycles. The van der Waals surface area contributed by atoms with Crippen molar-refractivity contribution in [1.82, 2.24) is 0 Å². The quantitative estimate of drug-likeness (QED) is 0.937. The van der Waals surface area contributed by atoms with Crippen molar-refractivity contribution in [3.8, 4) is 5.75 Å². The summed E-state index contributed by atoms with van der Waals surface area (Å²) in [5, 5.41) is 0.545. The fourth-order valence-electron chi connectivity index (χ4n) is 1.64. The maximum absolute atomic E-state index is 11.8. The third-order valence-corrected chi connectivity index (χ3v) is 2.54. The molecule has 4 nitrogen and oxygen atoms in total. The number of hydrogen-bond acceptors (Lipinski definition) is 4. The molecule has 2 N–H and O–H groups in total. The van der Waals surface area contributed by atoms with Crippen molar-refractivity contribution in [1.29, 1.82) is 0 Å². The van der Waals surface area contributed by atoms with Gasteiger partial charge in [-0.2, -0.15) is 0 Å². The Labute approximate surface area is 118 Å². The van der Waals surface area contributed by atoms with Crippen LogP contribution in [0.3, 0.4) is 0 Å². The number of rotatable bonds is 4. The van der Waals surface area contributed by atoms with E-state index in [-0.39, 0.29) is 24.4 Å². The second-order valence-electron chi connectivity index (χ2n) is 4.64. The van der Waals surface area contributed by atoms with Crippen LogP contribution in [0.15, 0.2) is 33.5 Å². The Hall–Kier alpha value is -1.52. The van der Waals surface area contributed by atoms with Gasteiger partial charge in [-0.15, -0.1) is 12.4 Å². The Morgan fingerprint density at radius 1 is 1.32 bits per heavy atom. The lowest BCUT2D eigenvalue weighted by Gasteiger charge is -2.09. The van der Waals surface area contributed by atoms with Crippen molar-refractivity contribution in [2.24, 2.45) is 11.7 Å². The van der Waals surface area contributed by atoms with E-state index in [0.29, 0.717) is 35.0 Å². The van der Waals surface area contributed by atoms with Crippen molar-refractivity contribution < 1.29 is 9.15 Å². The number of halogens is 1. The smallest absolute Gasteiger partial charge is 0.193 e. The van der Waals surface area contributed by atoms with Gasteiger partial charge in [0.25, 0.3) is 0 Å². The van der Waals surface area contributed by atoms with E-state index in [0.717, 1.165) is 0 Å². The van der Waals surface area contributed by atoms with Gasteiger partial charge < -0.3 is 14.9 Å². The predicted octanol–water partition coefficient (Wildman–Crippen LogP) is 2.71. The Morgan fingerprint density at radius 2 is 2.05 bits per heavy atom. The van der Waals surface area contributed by atoms with Gasteiger partial charge in [-0.1, -0.05) is 13.8 Å². The minimum absolute atomic E-state index is 0. The van der Waals surface area contributed by atoms with Gasteiger partial charge in [0.1, 0.15) is 17.1 Å². The minimum atomic E-state index is -0.0768. The number of fused-ring (bicyclic) bond motifs is 1. The van der Waals surface area contributed by atoms with Crippen molar-refractivity contribution in [2.45, 2.75) is 20.4 Å². The number of ether oxygens (including phenoxy) is 1. The molecule has 5 heteroatoms. The lowest BCUT2D eigenvalue weighted by Crippen LogP contribution is -2.07. The van der Waals surface area contributed by atoms with Gasteiger partial charge in [-0.3, -0.25) is 4.79 Å². The van der Waals surface area contributed by atoms with E-state index in [9.17, 15) is 4.79 Å². The second kappa shape index (κ2) is 6.59. The molecule has 0 amide bonds. The average molecular weight is 284 g/mol. The Bertz CT molecular complexity index is 607. The first-order valence-electron chi connectivity index (χ1n) is 6.00. The molecule has 0 radical (unpaired) electrons. The number of nitrogens with two attached hydrogens (primary N) is 1. The van der Waals surface area contributed by atoms with Gasteiger partial charge in [0.2, 0.25) is 0 Å². The zero-order chi connectivity index (χ0) is 13.1. The summed E-state index contributed by atoms with van der Waals surface area (Å²) in [6.45, 7) is 5.00. The zero-order valence-corrected chi connectivity index (χ0v) is 11.8. The first kappa shape index (κ1) is 15.5. The monoisotopic (exact) mass is 283 g/mol. The maximum Gasteiger partial charge on any atom is 0.193 e. The highest BCUT2D eigenvalue weighted by Gasteiger charge is 2.06. The third kappa shape index (κ3) is 3.72. The summed E-state index contributed by atoms with van der Waals surface area (Å²) in [6, 6.07) is 6.66. The van der Waals surface area contributed by atoms with Crippen LogP contribution < -0.4 is 15.9 Å². The molecule has 0 fully saturated rings. The van der Waals surface area contributed by atoms with E-state index in [1.807, 2.05) is 0 Å². The van der Waals surface area contributed by atoms with Crippen LogP contribution in [0.5, 0.6) is 5.75 Å². The van der Waals surface area contributed by atoms with E-state index in [2.05, 4.69) is 13.8 Å². The molecule has 19 heavy (non-hydrogen) atoms. The molecule has 0 bridgehead atoms. The summed E-state index contributed by atoms with van der Waals surface area (Å²) in [5.74, 6) is 1.63. The van der Waals surface area contributed by atoms with Gasteiger partial charge >= 0.3 is 0 Å². The molecule has 0 atom stereocenters. The average Bonchev–Trinajstić information content (AvgIpc) is 2.35. The minimum Gasteiger partial charge on any atom is -0.493 e. The Morgan fingerprint density at radius 3 is 2.68 bits per heavy atom. The fourth-order valence-corrected chi connectivity index (χ4v) is 1.64. The van der Waals surface area contributed by atoms with Crippen LogP contribution in [0.2, 0.25) is 0 Å². The van der Waals surface area contributed by atoms with E-state index < -0.39 is 0 Å². The molecule has 2 aromatic rings. The predicted molar refractivity (Wildman–Crippen MR) is 78.0 cm³/mol. The second-order valence-corrected chi connectivity index (χ2v) is 4.64. The zero-order valence-electron chi connectivity index (χ0n) is 11.0. The van der Waals surface area contributed by atoms with Crippen LogP contribution in [0.1, 0.15) is 19.6 Å². The van der Waals surface area contributed by atoms with Crippen molar-refractivity contribution in [3.63, 3.8) is 0 Å².